The van der Waals surface area contributed by atoms with Crippen molar-refractivity contribution in [2.45, 2.75) is 0 Å². The molecule has 0 bridgehead atoms. The lowest BCUT2D eigenvalue weighted by Gasteiger charge is -2.04. The van der Waals surface area contributed by atoms with E-state index in [-0.39, 0.29) is 11.5 Å². The average Bonchev–Trinajstić information content (AvgIpc) is 2.70. The van der Waals surface area contributed by atoms with E-state index in [1.165, 1.54) is 12.1 Å². The van der Waals surface area contributed by atoms with E-state index in [0.29, 0.717) is 16.8 Å². The molecule has 0 aliphatic carbocycles. The van der Waals surface area contributed by atoms with Gasteiger partial charge in [0.1, 0.15) is 11.4 Å². The van der Waals surface area contributed by atoms with Crippen LogP contribution in [0.5, 0.6) is 5.75 Å². The highest BCUT2D eigenvalue weighted by atomic mass is 16.6. The maximum atomic E-state index is 12.5. The quantitative estimate of drug-likeness (QED) is 0.298. The van der Waals surface area contributed by atoms with E-state index in [0.717, 1.165) is 16.5 Å². The summed E-state index contributed by atoms with van der Waals surface area (Å²) in [4.78, 5) is 23.1. The molecule has 0 spiro atoms. The van der Waals surface area contributed by atoms with Gasteiger partial charge in [-0.05, 0) is 46.7 Å². The van der Waals surface area contributed by atoms with Gasteiger partial charge in [-0.25, -0.2) is 0 Å². The standard InChI is InChI=1S/C21H18N2O4/c1-22-19-9-3-14(11-20(19)23(25)26)4-10-21(24)17-6-5-16-13-18(27-2)8-7-15(16)12-17/h3-13,22H,1-2H3. The molecule has 27 heavy (non-hydrogen) atoms. The van der Waals surface area contributed by atoms with Gasteiger partial charge in [-0.15, -0.1) is 0 Å². The van der Waals surface area contributed by atoms with Gasteiger partial charge in [0.25, 0.3) is 5.69 Å². The highest BCUT2D eigenvalue weighted by molar-refractivity contribution is 6.08. The van der Waals surface area contributed by atoms with E-state index < -0.39 is 4.92 Å². The van der Waals surface area contributed by atoms with Crippen molar-refractivity contribution in [3.05, 3.63) is 81.9 Å². The number of nitrogens with one attached hydrogen (secondary N) is 1. The van der Waals surface area contributed by atoms with E-state index in [9.17, 15) is 14.9 Å². The molecule has 3 rings (SSSR count). The van der Waals surface area contributed by atoms with Crippen LogP contribution in [-0.4, -0.2) is 24.9 Å². The highest BCUT2D eigenvalue weighted by Crippen LogP contribution is 2.26. The van der Waals surface area contributed by atoms with Gasteiger partial charge in [0.2, 0.25) is 0 Å². The lowest BCUT2D eigenvalue weighted by Crippen LogP contribution is -1.97. The molecule has 0 radical (unpaired) electrons. The maximum Gasteiger partial charge on any atom is 0.292 e. The Balaban J connectivity index is 1.85. The van der Waals surface area contributed by atoms with Crippen LogP contribution in [0.3, 0.4) is 0 Å². The number of allylic oxidation sites excluding steroid dienone is 1. The summed E-state index contributed by atoms with van der Waals surface area (Å²) in [5, 5.41) is 15.8. The van der Waals surface area contributed by atoms with Crippen LogP contribution in [0.2, 0.25) is 0 Å². The number of fused-ring (bicyclic) bond motifs is 1. The van der Waals surface area contributed by atoms with Crippen LogP contribution in [0.1, 0.15) is 15.9 Å². The number of hydrogen-bond donors (Lipinski definition) is 1. The zero-order valence-corrected chi connectivity index (χ0v) is 14.9. The molecular weight excluding hydrogens is 344 g/mol. The number of nitrogens with zero attached hydrogens (tertiary/aromatic N) is 1. The van der Waals surface area contributed by atoms with Crippen molar-refractivity contribution in [3.63, 3.8) is 0 Å². The Bertz CT molecular complexity index is 1060. The fraction of sp³-hybridized carbons (Fsp3) is 0.0952. The molecule has 0 aromatic heterocycles. The summed E-state index contributed by atoms with van der Waals surface area (Å²) in [6, 6.07) is 15.8. The number of nitro groups is 1. The first-order valence-electron chi connectivity index (χ1n) is 8.28. The van der Waals surface area contributed by atoms with Gasteiger partial charge in [0.15, 0.2) is 5.78 Å². The van der Waals surface area contributed by atoms with Gasteiger partial charge in [-0.2, -0.15) is 0 Å². The van der Waals surface area contributed by atoms with Crippen molar-refractivity contribution < 1.29 is 14.5 Å². The highest BCUT2D eigenvalue weighted by Gasteiger charge is 2.12. The van der Waals surface area contributed by atoms with Crippen molar-refractivity contribution in [1.82, 2.24) is 0 Å². The minimum Gasteiger partial charge on any atom is -0.497 e. The summed E-state index contributed by atoms with van der Waals surface area (Å²) >= 11 is 0. The average molecular weight is 362 g/mol. The Kier molecular flexibility index (Phi) is 5.17. The van der Waals surface area contributed by atoms with E-state index in [1.54, 1.807) is 38.4 Å². The van der Waals surface area contributed by atoms with Gasteiger partial charge in [0.05, 0.1) is 12.0 Å². The van der Waals surface area contributed by atoms with Crippen molar-refractivity contribution in [3.8, 4) is 5.75 Å². The number of rotatable bonds is 6. The van der Waals surface area contributed by atoms with E-state index in [1.807, 2.05) is 30.3 Å². The smallest absolute Gasteiger partial charge is 0.292 e. The van der Waals surface area contributed by atoms with Crippen LogP contribution in [0.4, 0.5) is 11.4 Å². The molecule has 0 fully saturated rings. The second-order valence-electron chi connectivity index (χ2n) is 5.91. The summed E-state index contributed by atoms with van der Waals surface area (Å²) in [7, 11) is 3.23. The summed E-state index contributed by atoms with van der Waals surface area (Å²) in [5.74, 6) is 0.584. The number of carbonyl (C=O) groups excluding carboxylic acids is 1. The van der Waals surface area contributed by atoms with Gasteiger partial charge < -0.3 is 10.1 Å². The fourth-order valence-corrected chi connectivity index (χ4v) is 2.79. The van der Waals surface area contributed by atoms with Crippen molar-refractivity contribution in [2.75, 3.05) is 19.5 Å². The maximum absolute atomic E-state index is 12.5. The third-order valence-corrected chi connectivity index (χ3v) is 4.25. The lowest BCUT2D eigenvalue weighted by atomic mass is 10.0. The Morgan fingerprint density at radius 3 is 2.52 bits per heavy atom. The summed E-state index contributed by atoms with van der Waals surface area (Å²) < 4.78 is 5.20. The monoisotopic (exact) mass is 362 g/mol. The fourth-order valence-electron chi connectivity index (χ4n) is 2.79. The molecule has 1 N–H and O–H groups in total. The lowest BCUT2D eigenvalue weighted by molar-refractivity contribution is -0.383. The van der Waals surface area contributed by atoms with Crippen LogP contribution in [0.15, 0.2) is 60.7 Å². The summed E-state index contributed by atoms with van der Waals surface area (Å²) in [6.07, 6.45) is 3.00. The Labute approximate surface area is 156 Å². The number of anilines is 1. The molecule has 0 saturated carbocycles. The Morgan fingerprint density at radius 2 is 1.81 bits per heavy atom. The van der Waals surface area contributed by atoms with E-state index >= 15 is 0 Å². The zero-order valence-electron chi connectivity index (χ0n) is 14.9. The number of carbonyl (C=O) groups is 1. The molecule has 3 aromatic rings. The van der Waals surface area contributed by atoms with Gasteiger partial charge in [-0.1, -0.05) is 30.3 Å². The second-order valence-corrected chi connectivity index (χ2v) is 5.91. The molecule has 6 nitrogen and oxygen atoms in total. The first-order chi connectivity index (χ1) is 13.0. The van der Waals surface area contributed by atoms with Crippen LogP contribution in [0.25, 0.3) is 16.8 Å². The molecule has 6 heteroatoms. The SMILES string of the molecule is CNc1ccc(C=CC(=O)c2ccc3cc(OC)ccc3c2)cc1[N+](=O)[O-]. The second kappa shape index (κ2) is 7.70. The number of methoxy groups -OCH3 is 1. The molecule has 0 saturated heterocycles. The number of ketones is 1. The van der Waals surface area contributed by atoms with Crippen LogP contribution in [0, 0.1) is 10.1 Å². The first kappa shape index (κ1) is 18.1. The van der Waals surface area contributed by atoms with Gasteiger partial charge in [-0.3, -0.25) is 14.9 Å². The normalized spacial score (nSPS) is 10.9. The predicted molar refractivity (Wildman–Crippen MR) is 107 cm³/mol. The molecule has 0 amide bonds. The molecule has 3 aromatic carbocycles. The van der Waals surface area contributed by atoms with Crippen LogP contribution < -0.4 is 10.1 Å². The van der Waals surface area contributed by atoms with Crippen LogP contribution in [-0.2, 0) is 0 Å². The van der Waals surface area contributed by atoms with Crippen molar-refractivity contribution in [1.29, 1.82) is 0 Å². The molecule has 0 aliphatic heterocycles. The van der Waals surface area contributed by atoms with Crippen molar-refractivity contribution in [2.24, 2.45) is 0 Å². The Morgan fingerprint density at radius 1 is 1.07 bits per heavy atom. The summed E-state index contributed by atoms with van der Waals surface area (Å²) in [6.45, 7) is 0. The molecule has 0 heterocycles. The minimum absolute atomic E-state index is 0.0354. The topological polar surface area (TPSA) is 81.5 Å². The summed E-state index contributed by atoms with van der Waals surface area (Å²) in [5.41, 5.74) is 1.52. The molecule has 0 atom stereocenters. The van der Waals surface area contributed by atoms with E-state index in [4.69, 9.17) is 4.74 Å². The van der Waals surface area contributed by atoms with Crippen molar-refractivity contribution >= 4 is 34.0 Å². The molecule has 136 valence electrons. The Hall–Kier alpha value is -3.67. The number of ether oxygens (including phenoxy) is 1. The third kappa shape index (κ3) is 3.95. The first-order valence-corrected chi connectivity index (χ1v) is 8.28. The van der Waals surface area contributed by atoms with Gasteiger partial charge >= 0.3 is 0 Å². The number of benzene rings is 3. The van der Waals surface area contributed by atoms with Gasteiger partial charge in [0, 0.05) is 18.7 Å². The van der Waals surface area contributed by atoms with Crippen LogP contribution >= 0.6 is 0 Å². The molecular formula is C21H18N2O4. The largest absolute Gasteiger partial charge is 0.497 e. The molecule has 0 unspecified atom stereocenters. The van der Waals surface area contributed by atoms with E-state index in [2.05, 4.69) is 5.32 Å². The minimum atomic E-state index is -0.456. The molecule has 0 aliphatic rings. The predicted octanol–water partition coefficient (Wildman–Crippen LogP) is 4.69. The number of nitro benzene ring substituents is 1. The zero-order chi connectivity index (χ0) is 19.4. The third-order valence-electron chi connectivity index (χ3n) is 4.25. The number of hydrogen-bond acceptors (Lipinski definition) is 5.